The first kappa shape index (κ1) is 15.9. The van der Waals surface area contributed by atoms with Crippen LogP contribution in [-0.2, 0) is 4.79 Å². The molecule has 0 aliphatic heterocycles. The van der Waals surface area contributed by atoms with Gasteiger partial charge in [-0.2, -0.15) is 0 Å². The SMILES string of the molecule is O=C(Nc1ccccc1Br)C1C(c2ccccc2)=C1c1ccccc1. The van der Waals surface area contributed by atoms with Gasteiger partial charge >= 0.3 is 0 Å². The van der Waals surface area contributed by atoms with Gasteiger partial charge in [-0.15, -0.1) is 0 Å². The predicted octanol–water partition coefficient (Wildman–Crippen LogP) is 5.63. The van der Waals surface area contributed by atoms with Gasteiger partial charge in [0.05, 0.1) is 11.6 Å². The summed E-state index contributed by atoms with van der Waals surface area (Å²) in [5, 5.41) is 3.04. The van der Waals surface area contributed by atoms with Crippen molar-refractivity contribution in [2.75, 3.05) is 5.32 Å². The maximum atomic E-state index is 12.9. The third-order valence-corrected chi connectivity index (χ3v) is 5.04. The predicted molar refractivity (Wildman–Crippen MR) is 106 cm³/mol. The largest absolute Gasteiger partial charge is 0.324 e. The summed E-state index contributed by atoms with van der Waals surface area (Å²) >= 11 is 3.49. The molecule has 0 radical (unpaired) electrons. The first-order chi connectivity index (χ1) is 12.3. The quantitative estimate of drug-likeness (QED) is 0.615. The Hall–Kier alpha value is -2.65. The van der Waals surface area contributed by atoms with E-state index in [1.54, 1.807) is 0 Å². The minimum absolute atomic E-state index is 0.00426. The second kappa shape index (κ2) is 6.69. The van der Waals surface area contributed by atoms with E-state index >= 15 is 0 Å². The normalized spacial score (nSPS) is 13.6. The molecule has 0 aromatic heterocycles. The number of nitrogens with one attached hydrogen (secondary N) is 1. The number of hydrogen-bond acceptors (Lipinski definition) is 1. The van der Waals surface area contributed by atoms with Gasteiger partial charge in [0, 0.05) is 4.47 Å². The topological polar surface area (TPSA) is 29.1 Å². The molecule has 122 valence electrons. The number of amides is 1. The summed E-state index contributed by atoms with van der Waals surface area (Å²) in [6.07, 6.45) is 0. The van der Waals surface area contributed by atoms with E-state index in [2.05, 4.69) is 45.5 Å². The van der Waals surface area contributed by atoms with E-state index in [0.29, 0.717) is 0 Å². The molecule has 1 N–H and O–H groups in total. The molecule has 1 aliphatic carbocycles. The monoisotopic (exact) mass is 389 g/mol. The fourth-order valence-electron chi connectivity index (χ4n) is 3.13. The minimum Gasteiger partial charge on any atom is -0.324 e. The lowest BCUT2D eigenvalue weighted by atomic mass is 10.1. The summed E-state index contributed by atoms with van der Waals surface area (Å²) in [7, 11) is 0. The highest BCUT2D eigenvalue weighted by atomic mass is 79.9. The molecule has 2 nitrogen and oxygen atoms in total. The van der Waals surface area contributed by atoms with Gasteiger partial charge in [0.25, 0.3) is 0 Å². The van der Waals surface area contributed by atoms with Crippen LogP contribution in [0.3, 0.4) is 0 Å². The second-order valence-corrected chi connectivity index (χ2v) is 6.82. The second-order valence-electron chi connectivity index (χ2n) is 5.96. The molecule has 1 amide bonds. The van der Waals surface area contributed by atoms with Crippen LogP contribution in [0.2, 0.25) is 0 Å². The first-order valence-electron chi connectivity index (χ1n) is 8.16. The Kier molecular flexibility index (Phi) is 4.24. The van der Waals surface area contributed by atoms with Crippen LogP contribution in [0, 0.1) is 5.92 Å². The minimum atomic E-state index is -0.211. The molecule has 3 aromatic carbocycles. The average molecular weight is 390 g/mol. The Morgan fingerprint density at radius 2 is 1.20 bits per heavy atom. The van der Waals surface area contributed by atoms with Crippen LogP contribution in [0.4, 0.5) is 5.69 Å². The van der Waals surface area contributed by atoms with Crippen molar-refractivity contribution in [2.45, 2.75) is 0 Å². The van der Waals surface area contributed by atoms with E-state index in [-0.39, 0.29) is 11.8 Å². The Labute approximate surface area is 155 Å². The van der Waals surface area contributed by atoms with Crippen molar-refractivity contribution in [3.8, 4) is 0 Å². The van der Waals surface area contributed by atoms with Crippen LogP contribution in [0.15, 0.2) is 89.4 Å². The van der Waals surface area contributed by atoms with Crippen molar-refractivity contribution in [3.63, 3.8) is 0 Å². The Morgan fingerprint density at radius 1 is 0.720 bits per heavy atom. The third kappa shape index (κ3) is 3.15. The zero-order valence-corrected chi connectivity index (χ0v) is 15.0. The molecule has 0 spiro atoms. The van der Waals surface area contributed by atoms with Gasteiger partial charge in [0.15, 0.2) is 0 Å². The van der Waals surface area contributed by atoms with E-state index in [0.717, 1.165) is 32.4 Å². The molecule has 3 aromatic rings. The number of carbonyl (C=O) groups is 1. The molecule has 0 saturated carbocycles. The summed E-state index contributed by atoms with van der Waals surface area (Å²) < 4.78 is 0.881. The molecular weight excluding hydrogens is 374 g/mol. The van der Waals surface area contributed by atoms with E-state index in [4.69, 9.17) is 0 Å². The number of halogens is 1. The molecule has 0 atom stereocenters. The van der Waals surface area contributed by atoms with Crippen molar-refractivity contribution >= 4 is 38.7 Å². The van der Waals surface area contributed by atoms with Crippen LogP contribution in [0.1, 0.15) is 11.1 Å². The number of rotatable bonds is 4. The summed E-state index contributed by atoms with van der Waals surface area (Å²) in [6.45, 7) is 0. The molecule has 0 unspecified atom stereocenters. The molecule has 1 aliphatic rings. The maximum Gasteiger partial charge on any atom is 0.236 e. The van der Waals surface area contributed by atoms with Gasteiger partial charge < -0.3 is 5.32 Å². The van der Waals surface area contributed by atoms with Crippen molar-refractivity contribution in [3.05, 3.63) is 101 Å². The zero-order chi connectivity index (χ0) is 17.2. The molecule has 0 saturated heterocycles. The molecule has 4 rings (SSSR count). The van der Waals surface area contributed by atoms with Crippen LogP contribution < -0.4 is 5.32 Å². The van der Waals surface area contributed by atoms with Gasteiger partial charge in [-0.25, -0.2) is 0 Å². The van der Waals surface area contributed by atoms with Gasteiger partial charge in [-0.1, -0.05) is 72.8 Å². The fourth-order valence-corrected chi connectivity index (χ4v) is 3.52. The molecule has 25 heavy (non-hydrogen) atoms. The molecule has 0 heterocycles. The maximum absolute atomic E-state index is 12.9. The summed E-state index contributed by atoms with van der Waals surface area (Å²) in [4.78, 5) is 12.9. The molecule has 3 heteroatoms. The fraction of sp³-hybridized carbons (Fsp3) is 0.0455. The summed E-state index contributed by atoms with van der Waals surface area (Å²) in [5.41, 5.74) is 5.22. The van der Waals surface area contributed by atoms with Crippen molar-refractivity contribution in [1.82, 2.24) is 0 Å². The number of carbonyl (C=O) groups excluding carboxylic acids is 1. The lowest BCUT2D eigenvalue weighted by Crippen LogP contribution is -2.16. The average Bonchev–Trinajstić information content (AvgIpc) is 3.41. The Bertz CT molecular complexity index is 899. The highest BCUT2D eigenvalue weighted by molar-refractivity contribution is 9.10. The van der Waals surface area contributed by atoms with E-state index < -0.39 is 0 Å². The lowest BCUT2D eigenvalue weighted by Gasteiger charge is -2.08. The summed E-state index contributed by atoms with van der Waals surface area (Å²) in [5.74, 6) is -0.207. The van der Waals surface area contributed by atoms with Crippen LogP contribution in [0.5, 0.6) is 0 Å². The van der Waals surface area contributed by atoms with E-state index in [9.17, 15) is 4.79 Å². The third-order valence-electron chi connectivity index (χ3n) is 4.35. The van der Waals surface area contributed by atoms with Crippen molar-refractivity contribution in [2.24, 2.45) is 5.92 Å². The molecule has 0 fully saturated rings. The van der Waals surface area contributed by atoms with Gasteiger partial charge in [-0.3, -0.25) is 4.79 Å². The number of anilines is 1. The number of hydrogen-bond donors (Lipinski definition) is 1. The smallest absolute Gasteiger partial charge is 0.236 e. The van der Waals surface area contributed by atoms with Gasteiger partial charge in [0.1, 0.15) is 0 Å². The molecular formula is C22H16BrNO. The van der Waals surface area contributed by atoms with E-state index in [1.165, 1.54) is 0 Å². The highest BCUT2D eigenvalue weighted by Crippen LogP contribution is 2.53. The van der Waals surface area contributed by atoms with Crippen LogP contribution in [-0.4, -0.2) is 5.91 Å². The number of benzene rings is 3. The van der Waals surface area contributed by atoms with E-state index in [1.807, 2.05) is 60.7 Å². The van der Waals surface area contributed by atoms with Gasteiger partial charge in [-0.05, 0) is 50.3 Å². The van der Waals surface area contributed by atoms with Crippen molar-refractivity contribution in [1.29, 1.82) is 0 Å². The van der Waals surface area contributed by atoms with Crippen LogP contribution in [0.25, 0.3) is 11.1 Å². The van der Waals surface area contributed by atoms with Crippen LogP contribution >= 0.6 is 15.9 Å². The first-order valence-corrected chi connectivity index (χ1v) is 8.95. The highest BCUT2D eigenvalue weighted by Gasteiger charge is 2.43. The lowest BCUT2D eigenvalue weighted by molar-refractivity contribution is -0.116. The summed E-state index contributed by atoms with van der Waals surface area (Å²) in [6, 6.07) is 27.9. The van der Waals surface area contributed by atoms with Crippen molar-refractivity contribution < 1.29 is 4.79 Å². The Morgan fingerprint density at radius 3 is 1.72 bits per heavy atom. The standard InChI is InChI=1S/C22H16BrNO/c23-17-13-7-8-14-18(17)24-22(25)21-19(15-9-3-1-4-10-15)20(21)16-11-5-2-6-12-16/h1-14,21H,(H,24,25). The zero-order valence-electron chi connectivity index (χ0n) is 13.4. The Balaban J connectivity index is 1.65. The van der Waals surface area contributed by atoms with Gasteiger partial charge in [0.2, 0.25) is 5.91 Å². The number of para-hydroxylation sites is 1. The molecule has 0 bridgehead atoms.